The van der Waals surface area contributed by atoms with E-state index < -0.39 is 0 Å². The monoisotopic (exact) mass is 157 g/mol. The van der Waals surface area contributed by atoms with Crippen molar-refractivity contribution in [1.29, 1.82) is 0 Å². The second-order valence-electron chi connectivity index (χ2n) is 2.75. The maximum absolute atomic E-state index is 10.9. The van der Waals surface area contributed by atoms with Crippen molar-refractivity contribution in [2.24, 2.45) is 0 Å². The summed E-state index contributed by atoms with van der Waals surface area (Å²) in [5.41, 5.74) is 0.636. The molecule has 0 amide bonds. The van der Waals surface area contributed by atoms with Crippen molar-refractivity contribution in [1.82, 2.24) is 0 Å². The zero-order chi connectivity index (χ0) is 8.85. The van der Waals surface area contributed by atoms with Crippen LogP contribution in [0.25, 0.3) is 0 Å². The molecule has 3 nitrogen and oxygen atoms in total. The van der Waals surface area contributed by atoms with Gasteiger partial charge in [-0.2, -0.15) is 0 Å². The van der Waals surface area contributed by atoms with E-state index in [1.807, 2.05) is 13.8 Å². The van der Waals surface area contributed by atoms with Crippen molar-refractivity contribution in [3.05, 3.63) is 5.21 Å². The van der Waals surface area contributed by atoms with Crippen LogP contribution in [0, 0.1) is 5.21 Å². The first-order chi connectivity index (χ1) is 5.11. The summed E-state index contributed by atoms with van der Waals surface area (Å²) in [5.74, 6) is 0. The van der Waals surface area contributed by atoms with Gasteiger partial charge in [0.2, 0.25) is 5.71 Å². The molecule has 0 bridgehead atoms. The fourth-order valence-electron chi connectivity index (χ4n) is 0.679. The average molecular weight is 157 g/mol. The van der Waals surface area contributed by atoms with Crippen LogP contribution >= 0.6 is 0 Å². The Morgan fingerprint density at radius 1 is 1.36 bits per heavy atom. The van der Waals surface area contributed by atoms with E-state index in [1.54, 1.807) is 13.8 Å². The highest BCUT2D eigenvalue weighted by Gasteiger charge is 2.09. The minimum absolute atomic E-state index is 0.0578. The number of nitrogens with zero attached hydrogens (tertiary/aromatic N) is 1. The summed E-state index contributed by atoms with van der Waals surface area (Å²) >= 11 is 0. The third kappa shape index (κ3) is 3.91. The van der Waals surface area contributed by atoms with Crippen LogP contribution in [0.1, 0.15) is 27.7 Å². The number of hydrogen-bond donors (Lipinski definition) is 0. The summed E-state index contributed by atoms with van der Waals surface area (Å²) in [6, 6.07) is 0. The van der Waals surface area contributed by atoms with Crippen LogP contribution < -0.4 is 0 Å². The van der Waals surface area contributed by atoms with Gasteiger partial charge < -0.3 is 4.76 Å². The number of hydrogen-bond acceptors (Lipinski definition) is 2. The Balaban J connectivity index is 3.91. The van der Waals surface area contributed by atoms with Gasteiger partial charge in [0.1, 0.15) is 0 Å². The van der Waals surface area contributed by atoms with E-state index in [0.29, 0.717) is 10.6 Å². The fourth-order valence-corrected chi connectivity index (χ4v) is 0.679. The second kappa shape index (κ2) is 5.05. The zero-order valence-electron chi connectivity index (χ0n) is 7.76. The van der Waals surface area contributed by atoms with E-state index in [0.717, 1.165) is 12.6 Å². The Bertz CT molecular complexity index is 139. The second-order valence-corrected chi connectivity index (χ2v) is 2.75. The summed E-state index contributed by atoms with van der Waals surface area (Å²) in [6.45, 7) is 7.53. The SMILES string of the molecule is CCB(CC)O[N+]([O-])=C(C)C. The Morgan fingerprint density at radius 2 is 1.82 bits per heavy atom. The molecule has 0 heterocycles. The molecule has 0 N–H and O–H groups in total. The molecule has 0 rings (SSSR count). The Kier molecular flexibility index (Phi) is 4.74. The van der Waals surface area contributed by atoms with E-state index in [1.165, 1.54) is 0 Å². The van der Waals surface area contributed by atoms with Crippen molar-refractivity contribution in [2.75, 3.05) is 0 Å². The van der Waals surface area contributed by atoms with Gasteiger partial charge in [-0.05, 0) is 0 Å². The molecule has 0 aliphatic carbocycles. The molecular formula is C7H16BNO2. The van der Waals surface area contributed by atoms with Gasteiger partial charge in [0.25, 0.3) is 6.92 Å². The van der Waals surface area contributed by atoms with E-state index in [9.17, 15) is 5.21 Å². The van der Waals surface area contributed by atoms with Gasteiger partial charge in [-0.15, -0.1) is 0 Å². The van der Waals surface area contributed by atoms with Gasteiger partial charge in [0.05, 0.1) is 0 Å². The van der Waals surface area contributed by atoms with Crippen LogP contribution in [0.2, 0.25) is 12.6 Å². The van der Waals surface area contributed by atoms with Crippen LogP contribution in [0.5, 0.6) is 0 Å². The maximum atomic E-state index is 10.9. The lowest BCUT2D eigenvalue weighted by Crippen LogP contribution is -2.23. The molecule has 0 saturated carbocycles. The van der Waals surface area contributed by atoms with Crippen molar-refractivity contribution < 1.29 is 9.66 Å². The molecule has 64 valence electrons. The molecule has 4 heteroatoms. The van der Waals surface area contributed by atoms with Crippen LogP contribution in [-0.2, 0) is 4.76 Å². The molecule has 0 aromatic rings. The minimum atomic E-state index is 0.0578. The highest BCUT2D eigenvalue weighted by molar-refractivity contribution is 6.51. The summed E-state index contributed by atoms with van der Waals surface area (Å²) in [4.78, 5) is 0.595. The van der Waals surface area contributed by atoms with E-state index in [-0.39, 0.29) is 6.92 Å². The van der Waals surface area contributed by atoms with Crippen molar-refractivity contribution in [3.63, 3.8) is 0 Å². The molecule has 0 aromatic carbocycles. The standard InChI is InChI=1S/C7H16BNO2/c1-5-8(6-2)11-9(10)7(3)4/h5-6H2,1-4H3. The van der Waals surface area contributed by atoms with Crippen molar-refractivity contribution >= 4 is 12.6 Å². The molecule has 0 unspecified atom stereocenters. The normalized spacial score (nSPS) is 9.09. The van der Waals surface area contributed by atoms with Crippen LogP contribution in [0.3, 0.4) is 0 Å². The van der Waals surface area contributed by atoms with E-state index in [4.69, 9.17) is 4.76 Å². The first-order valence-corrected chi connectivity index (χ1v) is 4.06. The van der Waals surface area contributed by atoms with Crippen LogP contribution in [-0.4, -0.2) is 17.5 Å². The molecule has 0 aliphatic heterocycles. The highest BCUT2D eigenvalue weighted by atomic mass is 16.8. The predicted octanol–water partition coefficient (Wildman–Crippen LogP) is 1.94. The predicted molar refractivity (Wildman–Crippen MR) is 47.8 cm³/mol. The third-order valence-electron chi connectivity index (χ3n) is 1.52. The molecule has 0 atom stereocenters. The Labute approximate surface area is 68.7 Å². The molecule has 0 spiro atoms. The zero-order valence-corrected chi connectivity index (χ0v) is 7.76. The van der Waals surface area contributed by atoms with Crippen molar-refractivity contribution in [3.8, 4) is 0 Å². The molecule has 0 fully saturated rings. The summed E-state index contributed by atoms with van der Waals surface area (Å²) < 4.78 is 5.05. The van der Waals surface area contributed by atoms with Crippen LogP contribution in [0.15, 0.2) is 0 Å². The summed E-state index contributed by atoms with van der Waals surface area (Å²) in [7, 11) is 0. The minimum Gasteiger partial charge on any atom is -0.463 e. The van der Waals surface area contributed by atoms with Crippen LogP contribution in [0.4, 0.5) is 0 Å². The molecule has 11 heavy (non-hydrogen) atoms. The average Bonchev–Trinajstić information content (AvgIpc) is 1.99. The molecule has 0 aromatic heterocycles. The fraction of sp³-hybridized carbons (Fsp3) is 0.857. The highest BCUT2D eigenvalue weighted by Crippen LogP contribution is 1.99. The topological polar surface area (TPSA) is 35.3 Å². The lowest BCUT2D eigenvalue weighted by atomic mass is 9.63. The smallest absolute Gasteiger partial charge is 0.290 e. The van der Waals surface area contributed by atoms with Gasteiger partial charge in [0, 0.05) is 18.7 Å². The quantitative estimate of drug-likeness (QED) is 0.270. The van der Waals surface area contributed by atoms with Crippen molar-refractivity contribution in [2.45, 2.75) is 40.3 Å². The first-order valence-electron chi connectivity index (χ1n) is 4.06. The van der Waals surface area contributed by atoms with Gasteiger partial charge in [0.15, 0.2) is 0 Å². The van der Waals surface area contributed by atoms with Gasteiger partial charge in [-0.1, -0.05) is 26.5 Å². The van der Waals surface area contributed by atoms with Gasteiger partial charge in [-0.25, -0.2) is 0 Å². The lowest BCUT2D eigenvalue weighted by molar-refractivity contribution is -0.702. The number of rotatable bonds is 4. The Hall–Kier alpha value is -0.665. The molecular weight excluding hydrogens is 141 g/mol. The van der Waals surface area contributed by atoms with Gasteiger partial charge in [-0.3, -0.25) is 5.21 Å². The summed E-state index contributed by atoms with van der Waals surface area (Å²) in [5, 5.41) is 10.9. The summed E-state index contributed by atoms with van der Waals surface area (Å²) in [6.07, 6.45) is 1.76. The molecule has 0 saturated heterocycles. The third-order valence-corrected chi connectivity index (χ3v) is 1.52. The largest absolute Gasteiger partial charge is 0.463 e. The van der Waals surface area contributed by atoms with E-state index >= 15 is 0 Å². The molecule has 0 radical (unpaired) electrons. The maximum Gasteiger partial charge on any atom is 0.290 e. The Morgan fingerprint density at radius 3 is 2.09 bits per heavy atom. The first kappa shape index (κ1) is 10.3. The van der Waals surface area contributed by atoms with Gasteiger partial charge >= 0.3 is 0 Å². The van der Waals surface area contributed by atoms with E-state index in [2.05, 4.69) is 0 Å². The molecule has 0 aliphatic rings. The lowest BCUT2D eigenvalue weighted by Gasteiger charge is -2.13.